The van der Waals surface area contributed by atoms with Crippen molar-refractivity contribution in [1.29, 1.82) is 0 Å². The fraction of sp³-hybridized carbons (Fsp3) is 0.167. The van der Waals surface area contributed by atoms with Crippen LogP contribution in [0.25, 0.3) is 6.08 Å². The average Bonchev–Trinajstić information content (AvgIpc) is 2.26. The van der Waals surface area contributed by atoms with Gasteiger partial charge >= 0.3 is 6.18 Å². The molecule has 0 aromatic heterocycles. The van der Waals surface area contributed by atoms with Gasteiger partial charge in [-0.05, 0) is 24.3 Å². The molecule has 1 aliphatic heterocycles. The van der Waals surface area contributed by atoms with Crippen LogP contribution in [-0.2, 0) is 0 Å². The largest absolute Gasteiger partial charge is 0.476 e. The minimum absolute atomic E-state index is 0.198. The lowest BCUT2D eigenvalue weighted by atomic mass is 10.1. The van der Waals surface area contributed by atoms with Gasteiger partial charge in [-0.3, -0.25) is 0 Å². The van der Waals surface area contributed by atoms with Gasteiger partial charge in [0, 0.05) is 11.1 Å². The average molecular weight is 224 g/mol. The lowest BCUT2D eigenvalue weighted by Crippen LogP contribution is -2.33. The van der Waals surface area contributed by atoms with Crippen molar-refractivity contribution in [3.8, 4) is 18.1 Å². The van der Waals surface area contributed by atoms with E-state index in [2.05, 4.69) is 5.92 Å². The first kappa shape index (κ1) is 10.6. The molecule has 1 aromatic carbocycles. The molecule has 0 fully saturated rings. The molecule has 82 valence electrons. The fourth-order valence-electron chi connectivity index (χ4n) is 1.42. The molecule has 1 heterocycles. The zero-order chi connectivity index (χ0) is 11.8. The fourth-order valence-corrected chi connectivity index (χ4v) is 1.42. The van der Waals surface area contributed by atoms with Crippen LogP contribution in [0, 0.1) is 12.3 Å². The van der Waals surface area contributed by atoms with Gasteiger partial charge in [-0.1, -0.05) is 12.0 Å². The summed E-state index contributed by atoms with van der Waals surface area (Å²) < 4.78 is 41.9. The molecule has 0 radical (unpaired) electrons. The second-order valence-electron chi connectivity index (χ2n) is 3.34. The minimum atomic E-state index is -4.39. The van der Waals surface area contributed by atoms with Crippen molar-refractivity contribution in [3.63, 3.8) is 0 Å². The highest BCUT2D eigenvalue weighted by molar-refractivity contribution is 5.62. The summed E-state index contributed by atoms with van der Waals surface area (Å²) in [5.74, 6) is 2.60. The van der Waals surface area contributed by atoms with Crippen LogP contribution in [0.5, 0.6) is 5.75 Å². The van der Waals surface area contributed by atoms with Gasteiger partial charge in [0.25, 0.3) is 0 Å². The second kappa shape index (κ2) is 3.60. The predicted octanol–water partition coefficient (Wildman–Crippen LogP) is 3.00. The Hall–Kier alpha value is -1.89. The molecule has 0 saturated carbocycles. The number of hydrogen-bond acceptors (Lipinski definition) is 1. The van der Waals surface area contributed by atoms with E-state index < -0.39 is 12.3 Å². The zero-order valence-corrected chi connectivity index (χ0v) is 8.08. The minimum Gasteiger partial charge on any atom is -0.476 e. The van der Waals surface area contributed by atoms with Crippen LogP contribution in [0.1, 0.15) is 11.1 Å². The smallest absolute Gasteiger partial charge is 0.429 e. The van der Waals surface area contributed by atoms with Crippen molar-refractivity contribution < 1.29 is 17.9 Å². The van der Waals surface area contributed by atoms with Crippen LogP contribution in [0.2, 0.25) is 0 Å². The molecule has 1 aromatic rings. The van der Waals surface area contributed by atoms with Crippen LogP contribution in [0.4, 0.5) is 13.2 Å². The van der Waals surface area contributed by atoms with Crippen LogP contribution in [0.3, 0.4) is 0 Å². The van der Waals surface area contributed by atoms with Crippen LogP contribution in [0.15, 0.2) is 24.3 Å². The molecule has 0 N–H and O–H groups in total. The summed E-state index contributed by atoms with van der Waals surface area (Å²) in [6.45, 7) is 0. The van der Waals surface area contributed by atoms with Gasteiger partial charge in [0.15, 0.2) is 0 Å². The monoisotopic (exact) mass is 224 g/mol. The van der Waals surface area contributed by atoms with E-state index in [0.29, 0.717) is 11.1 Å². The number of halogens is 3. The molecule has 0 saturated heterocycles. The first-order valence-electron chi connectivity index (χ1n) is 4.53. The number of ether oxygens (including phenoxy) is 1. The Morgan fingerprint density at radius 1 is 1.31 bits per heavy atom. The van der Waals surface area contributed by atoms with E-state index in [1.54, 1.807) is 12.1 Å². The maximum absolute atomic E-state index is 12.4. The molecule has 0 spiro atoms. The summed E-state index contributed by atoms with van der Waals surface area (Å²) in [5.41, 5.74) is 1.17. The predicted molar refractivity (Wildman–Crippen MR) is 53.9 cm³/mol. The third-order valence-corrected chi connectivity index (χ3v) is 2.20. The summed E-state index contributed by atoms with van der Waals surface area (Å²) in [7, 11) is 0. The van der Waals surface area contributed by atoms with Gasteiger partial charge in [-0.2, -0.15) is 13.2 Å². The van der Waals surface area contributed by atoms with E-state index in [1.165, 1.54) is 12.1 Å². The Kier molecular flexibility index (Phi) is 2.39. The molecule has 0 bridgehead atoms. The summed E-state index contributed by atoms with van der Waals surface area (Å²) in [4.78, 5) is 0. The maximum Gasteiger partial charge on any atom is 0.429 e. The third-order valence-electron chi connectivity index (χ3n) is 2.20. The van der Waals surface area contributed by atoms with Crippen LogP contribution < -0.4 is 4.74 Å². The van der Waals surface area contributed by atoms with E-state index in [9.17, 15) is 13.2 Å². The molecule has 0 amide bonds. The number of terminal acetylenes is 1. The van der Waals surface area contributed by atoms with Crippen molar-refractivity contribution in [2.45, 2.75) is 12.3 Å². The van der Waals surface area contributed by atoms with Crippen LogP contribution in [-0.4, -0.2) is 12.3 Å². The van der Waals surface area contributed by atoms with Gasteiger partial charge in [-0.25, -0.2) is 0 Å². The highest BCUT2D eigenvalue weighted by Gasteiger charge is 2.41. The number of rotatable bonds is 0. The van der Waals surface area contributed by atoms with Crippen molar-refractivity contribution >= 4 is 6.08 Å². The summed E-state index contributed by atoms with van der Waals surface area (Å²) in [5, 5.41) is 0. The van der Waals surface area contributed by atoms with Crippen molar-refractivity contribution in [3.05, 3.63) is 35.4 Å². The highest BCUT2D eigenvalue weighted by atomic mass is 19.4. The molecule has 1 aliphatic rings. The normalized spacial score (nSPS) is 18.5. The first-order valence-corrected chi connectivity index (χ1v) is 4.53. The molecule has 2 rings (SSSR count). The van der Waals surface area contributed by atoms with Gasteiger partial charge in [0.05, 0.1) is 0 Å². The third kappa shape index (κ3) is 1.89. The lowest BCUT2D eigenvalue weighted by molar-refractivity contribution is -0.180. The topological polar surface area (TPSA) is 9.23 Å². The number of alkyl halides is 3. The van der Waals surface area contributed by atoms with E-state index in [4.69, 9.17) is 11.2 Å². The Morgan fingerprint density at radius 2 is 2.06 bits per heavy atom. The summed E-state index contributed by atoms with van der Waals surface area (Å²) in [6.07, 6.45) is 1.26. The molecular formula is C12H7F3O. The standard InChI is InChI=1S/C12H7F3O/c1-2-8-3-5-10-9(7-8)4-6-11(16-10)12(13,14)15/h1,3-7,11H. The highest BCUT2D eigenvalue weighted by Crippen LogP contribution is 2.33. The van der Waals surface area contributed by atoms with E-state index in [-0.39, 0.29) is 5.75 Å². The Balaban J connectivity index is 2.34. The first-order chi connectivity index (χ1) is 7.50. The molecule has 0 aliphatic carbocycles. The number of fused-ring (bicyclic) bond motifs is 1. The van der Waals surface area contributed by atoms with Crippen molar-refractivity contribution in [1.82, 2.24) is 0 Å². The number of hydrogen-bond donors (Lipinski definition) is 0. The molecular weight excluding hydrogens is 217 g/mol. The molecule has 1 atom stereocenters. The summed E-state index contributed by atoms with van der Waals surface area (Å²) in [6, 6.07) is 4.61. The Morgan fingerprint density at radius 3 is 2.69 bits per heavy atom. The Labute approximate surface area is 90.5 Å². The number of benzene rings is 1. The quantitative estimate of drug-likeness (QED) is 0.615. The molecule has 1 nitrogen and oxygen atoms in total. The van der Waals surface area contributed by atoms with Crippen LogP contribution >= 0.6 is 0 Å². The van der Waals surface area contributed by atoms with E-state index in [1.807, 2.05) is 0 Å². The van der Waals surface area contributed by atoms with Gasteiger partial charge in [-0.15, -0.1) is 6.42 Å². The molecule has 1 unspecified atom stereocenters. The second-order valence-corrected chi connectivity index (χ2v) is 3.34. The van der Waals surface area contributed by atoms with Gasteiger partial charge in [0.1, 0.15) is 5.75 Å². The molecule has 4 heteroatoms. The SMILES string of the molecule is C#Cc1ccc2c(c1)C=CC(C(F)(F)F)O2. The van der Waals surface area contributed by atoms with E-state index in [0.717, 1.165) is 6.08 Å². The summed E-state index contributed by atoms with van der Waals surface area (Å²) >= 11 is 0. The van der Waals surface area contributed by atoms with Crippen molar-refractivity contribution in [2.75, 3.05) is 0 Å². The molecule has 16 heavy (non-hydrogen) atoms. The maximum atomic E-state index is 12.4. The zero-order valence-electron chi connectivity index (χ0n) is 8.08. The van der Waals surface area contributed by atoms with Gasteiger partial charge in [0.2, 0.25) is 6.10 Å². The Bertz CT molecular complexity index is 480. The lowest BCUT2D eigenvalue weighted by Gasteiger charge is -2.23. The van der Waals surface area contributed by atoms with Crippen molar-refractivity contribution in [2.24, 2.45) is 0 Å². The van der Waals surface area contributed by atoms with E-state index >= 15 is 0 Å². The van der Waals surface area contributed by atoms with Gasteiger partial charge < -0.3 is 4.74 Å².